The van der Waals surface area contributed by atoms with E-state index in [-0.39, 0.29) is 5.91 Å². The first-order valence-electron chi connectivity index (χ1n) is 7.04. The zero-order valence-corrected chi connectivity index (χ0v) is 13.2. The molecule has 0 fully saturated rings. The number of halogens is 1. The molecule has 1 aliphatic carbocycles. The van der Waals surface area contributed by atoms with E-state index in [2.05, 4.69) is 15.3 Å². The van der Waals surface area contributed by atoms with Gasteiger partial charge in [0.15, 0.2) is 0 Å². The van der Waals surface area contributed by atoms with E-state index in [9.17, 15) is 4.79 Å². The van der Waals surface area contributed by atoms with E-state index in [1.807, 2.05) is 0 Å². The number of hydrogen-bond donors (Lipinski definition) is 1. The summed E-state index contributed by atoms with van der Waals surface area (Å²) in [6.45, 7) is 0. The molecule has 4 rings (SSSR count). The maximum Gasteiger partial charge on any atom is 0.256 e. The fraction of sp³-hybridized carbons (Fsp3) is 0.188. The van der Waals surface area contributed by atoms with Gasteiger partial charge in [-0.1, -0.05) is 17.7 Å². The third-order valence-corrected chi connectivity index (χ3v) is 5.25. The Hall–Kier alpha value is -1.98. The number of anilines is 1. The first kappa shape index (κ1) is 13.7. The summed E-state index contributed by atoms with van der Waals surface area (Å²) in [6.07, 6.45) is 4.79. The average Bonchev–Trinajstić information content (AvgIpc) is 3.08. The Kier molecular flexibility index (Phi) is 3.32. The maximum atomic E-state index is 12.4. The highest BCUT2D eigenvalue weighted by Crippen LogP contribution is 2.39. The molecule has 2 aromatic heterocycles. The van der Waals surface area contributed by atoms with Gasteiger partial charge in [-0.15, -0.1) is 11.3 Å². The van der Waals surface area contributed by atoms with Gasteiger partial charge in [-0.3, -0.25) is 4.79 Å². The molecule has 110 valence electrons. The van der Waals surface area contributed by atoms with Crippen molar-refractivity contribution in [1.82, 2.24) is 9.97 Å². The fourth-order valence-electron chi connectivity index (χ4n) is 2.83. The molecule has 0 aliphatic heterocycles. The minimum atomic E-state index is -0.208. The molecule has 0 saturated carbocycles. The number of aromatic nitrogens is 2. The molecule has 1 aromatic carbocycles. The van der Waals surface area contributed by atoms with Gasteiger partial charge in [-0.05, 0) is 43.0 Å². The van der Waals surface area contributed by atoms with Gasteiger partial charge in [0, 0.05) is 15.5 Å². The lowest BCUT2D eigenvalue weighted by Crippen LogP contribution is -2.13. The third kappa shape index (κ3) is 2.26. The summed E-state index contributed by atoms with van der Waals surface area (Å²) in [6, 6.07) is 6.88. The van der Waals surface area contributed by atoms with Crippen LogP contribution in [0.1, 0.15) is 27.2 Å². The lowest BCUT2D eigenvalue weighted by atomic mass is 10.1. The molecule has 1 aliphatic rings. The van der Waals surface area contributed by atoms with E-state index in [0.29, 0.717) is 16.4 Å². The SMILES string of the molecule is O=C(Nc1ncnc2sc3c(c12)CCC3)c1cccc(Cl)c1. The highest BCUT2D eigenvalue weighted by atomic mass is 35.5. The molecule has 1 N–H and O–H groups in total. The van der Waals surface area contributed by atoms with E-state index in [4.69, 9.17) is 11.6 Å². The van der Waals surface area contributed by atoms with Crippen molar-refractivity contribution < 1.29 is 4.79 Å². The summed E-state index contributed by atoms with van der Waals surface area (Å²) in [5.41, 5.74) is 1.81. The number of nitrogens with one attached hydrogen (secondary N) is 1. The van der Waals surface area contributed by atoms with Gasteiger partial charge in [0.25, 0.3) is 5.91 Å². The zero-order chi connectivity index (χ0) is 15.1. The van der Waals surface area contributed by atoms with Gasteiger partial charge in [-0.25, -0.2) is 9.97 Å². The number of carbonyl (C=O) groups is 1. The number of carbonyl (C=O) groups excluding carboxylic acids is 1. The molecule has 0 bridgehead atoms. The number of hydrogen-bond acceptors (Lipinski definition) is 4. The van der Waals surface area contributed by atoms with Gasteiger partial charge < -0.3 is 5.32 Å². The van der Waals surface area contributed by atoms with Crippen LogP contribution in [-0.2, 0) is 12.8 Å². The summed E-state index contributed by atoms with van der Waals surface area (Å²) < 4.78 is 0. The van der Waals surface area contributed by atoms with Crippen LogP contribution in [0.4, 0.5) is 5.82 Å². The molecule has 0 spiro atoms. The molecule has 1 amide bonds. The summed E-state index contributed by atoms with van der Waals surface area (Å²) in [5.74, 6) is 0.384. The Morgan fingerprint density at radius 2 is 2.18 bits per heavy atom. The van der Waals surface area contributed by atoms with Crippen LogP contribution < -0.4 is 5.32 Å². The highest BCUT2D eigenvalue weighted by Gasteiger charge is 2.22. The number of benzene rings is 1. The van der Waals surface area contributed by atoms with Gasteiger partial charge in [0.2, 0.25) is 0 Å². The Bertz CT molecular complexity index is 890. The third-order valence-electron chi connectivity index (χ3n) is 3.82. The molecule has 4 nitrogen and oxygen atoms in total. The quantitative estimate of drug-likeness (QED) is 0.770. The van der Waals surface area contributed by atoms with Crippen molar-refractivity contribution >= 4 is 44.9 Å². The van der Waals surface area contributed by atoms with Gasteiger partial charge in [0.1, 0.15) is 17.0 Å². The van der Waals surface area contributed by atoms with Crippen LogP contribution in [0.15, 0.2) is 30.6 Å². The summed E-state index contributed by atoms with van der Waals surface area (Å²) in [7, 11) is 0. The second-order valence-electron chi connectivity index (χ2n) is 5.22. The van der Waals surface area contributed by atoms with Crippen molar-refractivity contribution in [1.29, 1.82) is 0 Å². The van der Waals surface area contributed by atoms with Crippen molar-refractivity contribution in [3.63, 3.8) is 0 Å². The smallest absolute Gasteiger partial charge is 0.256 e. The van der Waals surface area contributed by atoms with E-state index < -0.39 is 0 Å². The molecular formula is C16H12ClN3OS. The molecule has 0 unspecified atom stereocenters. The van der Waals surface area contributed by atoms with Crippen molar-refractivity contribution in [3.05, 3.63) is 51.6 Å². The Balaban J connectivity index is 1.74. The normalized spacial score (nSPS) is 13.3. The Morgan fingerprint density at radius 3 is 3.05 bits per heavy atom. The molecule has 0 atom stereocenters. The van der Waals surface area contributed by atoms with Crippen LogP contribution in [0.3, 0.4) is 0 Å². The second kappa shape index (κ2) is 5.34. The van der Waals surface area contributed by atoms with Crippen molar-refractivity contribution in [2.24, 2.45) is 0 Å². The molecule has 22 heavy (non-hydrogen) atoms. The number of amides is 1. The second-order valence-corrected chi connectivity index (χ2v) is 6.74. The molecule has 3 aromatic rings. The predicted molar refractivity (Wildman–Crippen MR) is 88.8 cm³/mol. The molecule has 0 radical (unpaired) electrons. The molecular weight excluding hydrogens is 318 g/mol. The van der Waals surface area contributed by atoms with Crippen LogP contribution in [0, 0.1) is 0 Å². The first-order chi connectivity index (χ1) is 10.7. The topological polar surface area (TPSA) is 54.9 Å². The van der Waals surface area contributed by atoms with Gasteiger partial charge in [0.05, 0.1) is 5.39 Å². The maximum absolute atomic E-state index is 12.4. The van der Waals surface area contributed by atoms with Crippen molar-refractivity contribution in [2.75, 3.05) is 5.32 Å². The summed E-state index contributed by atoms with van der Waals surface area (Å²) >= 11 is 7.64. The van der Waals surface area contributed by atoms with Crippen molar-refractivity contribution in [3.8, 4) is 0 Å². The summed E-state index contributed by atoms with van der Waals surface area (Å²) in [5, 5.41) is 4.44. The number of rotatable bonds is 2. The lowest BCUT2D eigenvalue weighted by molar-refractivity contribution is 0.102. The Morgan fingerprint density at radius 1 is 1.27 bits per heavy atom. The van der Waals surface area contributed by atoms with E-state index in [0.717, 1.165) is 29.5 Å². The first-order valence-corrected chi connectivity index (χ1v) is 8.24. The van der Waals surface area contributed by atoms with E-state index in [1.54, 1.807) is 35.6 Å². The number of nitrogens with zero attached hydrogens (tertiary/aromatic N) is 2. The minimum absolute atomic E-state index is 0.208. The number of aryl methyl sites for hydroxylation is 2. The summed E-state index contributed by atoms with van der Waals surface area (Å²) in [4.78, 5) is 23.3. The van der Waals surface area contributed by atoms with Crippen LogP contribution >= 0.6 is 22.9 Å². The number of fused-ring (bicyclic) bond motifs is 3. The Labute approximate surface area is 136 Å². The van der Waals surface area contributed by atoms with Crippen LogP contribution in [0.5, 0.6) is 0 Å². The largest absolute Gasteiger partial charge is 0.306 e. The molecule has 6 heteroatoms. The molecule has 2 heterocycles. The number of thiophene rings is 1. The van der Waals surface area contributed by atoms with E-state index >= 15 is 0 Å². The lowest BCUT2D eigenvalue weighted by Gasteiger charge is -2.07. The average molecular weight is 330 g/mol. The van der Waals surface area contributed by atoms with Crippen LogP contribution in [0.2, 0.25) is 5.02 Å². The van der Waals surface area contributed by atoms with Gasteiger partial charge in [-0.2, -0.15) is 0 Å². The highest BCUT2D eigenvalue weighted by molar-refractivity contribution is 7.19. The predicted octanol–water partition coefficient (Wildman–Crippen LogP) is 4.09. The van der Waals surface area contributed by atoms with E-state index in [1.165, 1.54) is 16.8 Å². The zero-order valence-electron chi connectivity index (χ0n) is 11.6. The fourth-order valence-corrected chi connectivity index (χ4v) is 4.25. The standard InChI is InChI=1S/C16H12ClN3OS/c17-10-4-1-3-9(7-10)15(21)20-14-13-11-5-2-6-12(11)22-16(13)19-8-18-14/h1,3-4,7-8H,2,5-6H2,(H,18,19,20,21). The molecule has 0 saturated heterocycles. The monoisotopic (exact) mass is 329 g/mol. The van der Waals surface area contributed by atoms with Crippen molar-refractivity contribution in [2.45, 2.75) is 19.3 Å². The van der Waals surface area contributed by atoms with Crippen LogP contribution in [-0.4, -0.2) is 15.9 Å². The van der Waals surface area contributed by atoms with Crippen LogP contribution in [0.25, 0.3) is 10.2 Å². The minimum Gasteiger partial charge on any atom is -0.306 e. The van der Waals surface area contributed by atoms with Gasteiger partial charge >= 0.3 is 0 Å².